The molecule has 0 radical (unpaired) electrons. The van der Waals surface area contributed by atoms with E-state index in [4.69, 9.17) is 5.26 Å². The molecule has 4 nitrogen and oxygen atoms in total. The summed E-state index contributed by atoms with van der Waals surface area (Å²) in [6.45, 7) is 1.92. The molecule has 0 fully saturated rings. The Labute approximate surface area is 105 Å². The number of nitrogens with zero attached hydrogens (tertiary/aromatic N) is 2. The number of hydrogen-bond acceptors (Lipinski definition) is 4. The molecular formula is C14H14N2O2. The van der Waals surface area contributed by atoms with Gasteiger partial charge < -0.3 is 10.2 Å². The van der Waals surface area contributed by atoms with Crippen LogP contribution in [0.2, 0.25) is 0 Å². The predicted octanol–water partition coefficient (Wildman–Crippen LogP) is 1.85. The lowest BCUT2D eigenvalue weighted by Crippen LogP contribution is -2.17. The van der Waals surface area contributed by atoms with Gasteiger partial charge in [0.2, 0.25) is 0 Å². The van der Waals surface area contributed by atoms with Crippen LogP contribution in [0.3, 0.4) is 0 Å². The van der Waals surface area contributed by atoms with Gasteiger partial charge in [-0.1, -0.05) is 12.1 Å². The molecular weight excluding hydrogens is 228 g/mol. The summed E-state index contributed by atoms with van der Waals surface area (Å²) in [6.07, 6.45) is -2.20. The van der Waals surface area contributed by atoms with Gasteiger partial charge in [0, 0.05) is 11.1 Å². The number of aliphatic hydroxyl groups excluding tert-OH is 2. The molecule has 4 heteroatoms. The molecule has 0 aliphatic rings. The van der Waals surface area contributed by atoms with Crippen molar-refractivity contribution in [2.75, 3.05) is 0 Å². The number of hydrogen-bond donors (Lipinski definition) is 2. The molecule has 1 aromatic heterocycles. The van der Waals surface area contributed by atoms with E-state index in [1.54, 1.807) is 18.2 Å². The number of pyridine rings is 1. The third-order valence-corrected chi connectivity index (χ3v) is 2.86. The van der Waals surface area contributed by atoms with Gasteiger partial charge in [0.1, 0.15) is 6.10 Å². The topological polar surface area (TPSA) is 77.1 Å². The quantitative estimate of drug-likeness (QED) is 0.861. The highest BCUT2D eigenvalue weighted by atomic mass is 16.3. The van der Waals surface area contributed by atoms with Crippen LogP contribution >= 0.6 is 0 Å². The van der Waals surface area contributed by atoms with E-state index in [0.717, 1.165) is 16.6 Å². The van der Waals surface area contributed by atoms with Gasteiger partial charge in [-0.15, -0.1) is 0 Å². The number of rotatable bonds is 3. The zero-order chi connectivity index (χ0) is 13.1. The molecule has 2 N–H and O–H groups in total. The minimum absolute atomic E-state index is 0.0919. The Morgan fingerprint density at radius 1 is 1.28 bits per heavy atom. The maximum absolute atomic E-state index is 9.91. The number of nitriles is 1. The van der Waals surface area contributed by atoms with E-state index in [-0.39, 0.29) is 6.42 Å². The molecule has 0 spiro atoms. The van der Waals surface area contributed by atoms with Crippen LogP contribution in [0.15, 0.2) is 30.3 Å². The molecule has 1 aromatic carbocycles. The van der Waals surface area contributed by atoms with Crippen LogP contribution in [-0.4, -0.2) is 21.3 Å². The normalized spacial score (nSPS) is 14.1. The van der Waals surface area contributed by atoms with Gasteiger partial charge in [0.15, 0.2) is 0 Å². The Kier molecular flexibility index (Phi) is 3.56. The summed E-state index contributed by atoms with van der Waals surface area (Å²) in [5, 5.41) is 28.9. The van der Waals surface area contributed by atoms with Crippen LogP contribution in [0.4, 0.5) is 0 Å². The van der Waals surface area contributed by atoms with Crippen molar-refractivity contribution in [3.05, 3.63) is 41.6 Å². The second-order valence-corrected chi connectivity index (χ2v) is 4.28. The molecule has 2 unspecified atom stereocenters. The molecule has 2 rings (SSSR count). The first-order valence-electron chi connectivity index (χ1n) is 5.72. The molecule has 0 aliphatic heterocycles. The zero-order valence-corrected chi connectivity index (χ0v) is 10.0. The van der Waals surface area contributed by atoms with Gasteiger partial charge in [-0.05, 0) is 30.7 Å². The van der Waals surface area contributed by atoms with Crippen LogP contribution in [0, 0.1) is 18.3 Å². The average molecular weight is 242 g/mol. The Hall–Kier alpha value is -1.96. The van der Waals surface area contributed by atoms with Crippen molar-refractivity contribution in [2.45, 2.75) is 25.6 Å². The van der Waals surface area contributed by atoms with Gasteiger partial charge in [-0.2, -0.15) is 5.26 Å². The summed E-state index contributed by atoms with van der Waals surface area (Å²) in [5.74, 6) is 0. The van der Waals surface area contributed by atoms with Gasteiger partial charge in [-0.3, -0.25) is 4.98 Å². The van der Waals surface area contributed by atoms with Gasteiger partial charge >= 0.3 is 0 Å². The lowest BCUT2D eigenvalue weighted by atomic mass is 10.0. The van der Waals surface area contributed by atoms with E-state index < -0.39 is 12.2 Å². The molecule has 92 valence electrons. The fraction of sp³-hybridized carbons (Fsp3) is 0.286. The maximum atomic E-state index is 9.91. The van der Waals surface area contributed by atoms with Crippen LogP contribution < -0.4 is 0 Å². The molecule has 0 saturated carbocycles. The van der Waals surface area contributed by atoms with E-state index in [1.807, 2.05) is 25.1 Å². The van der Waals surface area contributed by atoms with Crippen LogP contribution in [0.25, 0.3) is 10.9 Å². The second kappa shape index (κ2) is 5.13. The smallest absolute Gasteiger partial charge is 0.106 e. The van der Waals surface area contributed by atoms with Crippen molar-refractivity contribution in [2.24, 2.45) is 0 Å². The van der Waals surface area contributed by atoms with Crippen molar-refractivity contribution >= 4 is 10.9 Å². The highest BCUT2D eigenvalue weighted by Gasteiger charge is 2.18. The minimum Gasteiger partial charge on any atom is -0.389 e. The van der Waals surface area contributed by atoms with Crippen molar-refractivity contribution < 1.29 is 10.2 Å². The highest BCUT2D eigenvalue weighted by Crippen LogP contribution is 2.23. The molecule has 18 heavy (non-hydrogen) atoms. The van der Waals surface area contributed by atoms with E-state index in [1.165, 1.54) is 0 Å². The molecule has 2 atom stereocenters. The van der Waals surface area contributed by atoms with E-state index in [9.17, 15) is 10.2 Å². The van der Waals surface area contributed by atoms with Crippen molar-refractivity contribution in [1.29, 1.82) is 5.26 Å². The maximum Gasteiger partial charge on any atom is 0.106 e. The van der Waals surface area contributed by atoms with Gasteiger partial charge in [-0.25, -0.2) is 0 Å². The van der Waals surface area contributed by atoms with E-state index >= 15 is 0 Å². The number of fused-ring (bicyclic) bond motifs is 1. The molecule has 0 saturated heterocycles. The number of aromatic nitrogens is 1. The third kappa shape index (κ3) is 2.48. The Morgan fingerprint density at radius 2 is 2.06 bits per heavy atom. The Balaban J connectivity index is 2.35. The second-order valence-electron chi connectivity index (χ2n) is 4.28. The first kappa shape index (κ1) is 12.5. The summed E-state index contributed by atoms with van der Waals surface area (Å²) < 4.78 is 0. The Morgan fingerprint density at radius 3 is 2.78 bits per heavy atom. The summed E-state index contributed by atoms with van der Waals surface area (Å²) >= 11 is 0. The Bertz CT molecular complexity index is 604. The molecule has 2 aromatic rings. The lowest BCUT2D eigenvalue weighted by molar-refractivity contribution is 0.0217. The standard InChI is InChI=1S/C14H14N2O2/c1-9-2-3-10-8-11(4-5-12(10)16-9)14(18)13(17)6-7-15/h2-5,8,13-14,17-18H,6H2,1H3. The zero-order valence-electron chi connectivity index (χ0n) is 10.0. The first-order chi connectivity index (χ1) is 8.61. The summed E-state index contributed by atoms with van der Waals surface area (Å²) in [4.78, 5) is 4.36. The van der Waals surface area contributed by atoms with E-state index in [2.05, 4.69) is 4.98 Å². The number of aliphatic hydroxyl groups is 2. The minimum atomic E-state index is -1.06. The fourth-order valence-corrected chi connectivity index (χ4v) is 1.86. The van der Waals surface area contributed by atoms with Crippen molar-refractivity contribution in [1.82, 2.24) is 4.98 Å². The summed E-state index contributed by atoms with van der Waals surface area (Å²) in [5.41, 5.74) is 2.37. The van der Waals surface area contributed by atoms with Crippen LogP contribution in [0.5, 0.6) is 0 Å². The molecule has 0 amide bonds. The highest BCUT2D eigenvalue weighted by molar-refractivity contribution is 5.79. The SMILES string of the molecule is Cc1ccc2cc(C(O)C(O)CC#N)ccc2n1. The summed E-state index contributed by atoms with van der Waals surface area (Å²) in [6, 6.07) is 11.0. The van der Waals surface area contributed by atoms with Gasteiger partial charge in [0.25, 0.3) is 0 Å². The average Bonchev–Trinajstić information content (AvgIpc) is 2.37. The monoisotopic (exact) mass is 242 g/mol. The third-order valence-electron chi connectivity index (χ3n) is 2.86. The van der Waals surface area contributed by atoms with Crippen molar-refractivity contribution in [3.63, 3.8) is 0 Å². The largest absolute Gasteiger partial charge is 0.389 e. The van der Waals surface area contributed by atoms with Gasteiger partial charge in [0.05, 0.1) is 24.1 Å². The lowest BCUT2D eigenvalue weighted by Gasteiger charge is -2.16. The predicted molar refractivity (Wildman–Crippen MR) is 67.7 cm³/mol. The number of benzene rings is 1. The number of aryl methyl sites for hydroxylation is 1. The first-order valence-corrected chi connectivity index (χ1v) is 5.72. The van der Waals surface area contributed by atoms with Crippen LogP contribution in [0.1, 0.15) is 23.8 Å². The van der Waals surface area contributed by atoms with Crippen molar-refractivity contribution in [3.8, 4) is 6.07 Å². The fourth-order valence-electron chi connectivity index (χ4n) is 1.86. The summed E-state index contributed by atoms with van der Waals surface area (Å²) in [7, 11) is 0. The molecule has 0 aliphatic carbocycles. The molecule has 0 bridgehead atoms. The van der Waals surface area contributed by atoms with Crippen LogP contribution in [-0.2, 0) is 0 Å². The molecule has 1 heterocycles. The van der Waals surface area contributed by atoms with E-state index in [0.29, 0.717) is 5.56 Å².